The van der Waals surface area contributed by atoms with Crippen LogP contribution < -0.4 is 10.5 Å². The van der Waals surface area contributed by atoms with Crippen LogP contribution in [0.25, 0.3) is 0 Å². The second kappa shape index (κ2) is 10.5. The fourth-order valence-corrected chi connectivity index (χ4v) is 2.59. The molecule has 0 aromatic heterocycles. The predicted molar refractivity (Wildman–Crippen MR) is 104 cm³/mol. The van der Waals surface area contributed by atoms with E-state index in [1.165, 1.54) is 35.7 Å². The number of benzene rings is 2. The highest BCUT2D eigenvalue weighted by Gasteiger charge is 2.04. The zero-order valence-corrected chi connectivity index (χ0v) is 15.0. The van der Waals surface area contributed by atoms with Crippen LogP contribution in [-0.2, 0) is 5.75 Å². The number of hydrogen-bond acceptors (Lipinski definition) is 4. The Morgan fingerprint density at radius 2 is 2.04 bits per heavy atom. The first kappa shape index (κ1) is 19.0. The topological polar surface area (TPSA) is 60.0 Å². The lowest BCUT2D eigenvalue weighted by Gasteiger charge is -2.08. The SMILES string of the molecule is CCCCOc1cc(F)ccc1C=NN=C(N)SCc1ccccc1. The molecule has 132 valence electrons. The van der Waals surface area contributed by atoms with Crippen LogP contribution in [0.1, 0.15) is 30.9 Å². The molecule has 0 atom stereocenters. The second-order valence-electron chi connectivity index (χ2n) is 5.34. The molecule has 0 saturated carbocycles. The Bertz CT molecular complexity index is 720. The molecule has 0 radical (unpaired) electrons. The van der Waals surface area contributed by atoms with Crippen molar-refractivity contribution in [2.24, 2.45) is 15.9 Å². The molecule has 0 fully saturated rings. The molecule has 2 aromatic carbocycles. The molecule has 0 heterocycles. The summed E-state index contributed by atoms with van der Waals surface area (Å²) in [5.74, 6) is 0.848. The molecule has 0 aliphatic rings. The molecule has 4 nitrogen and oxygen atoms in total. The van der Waals surface area contributed by atoms with E-state index in [0.29, 0.717) is 23.1 Å². The summed E-state index contributed by atoms with van der Waals surface area (Å²) in [6.07, 6.45) is 3.45. The summed E-state index contributed by atoms with van der Waals surface area (Å²) in [6, 6.07) is 14.3. The summed E-state index contributed by atoms with van der Waals surface area (Å²) in [7, 11) is 0. The summed E-state index contributed by atoms with van der Waals surface area (Å²) >= 11 is 1.41. The normalized spacial score (nSPS) is 11.8. The number of nitrogens with zero attached hydrogens (tertiary/aromatic N) is 2. The fourth-order valence-electron chi connectivity index (χ4n) is 1.97. The van der Waals surface area contributed by atoms with Crippen molar-refractivity contribution in [3.05, 3.63) is 65.5 Å². The number of nitrogens with two attached hydrogens (primary N) is 1. The molecular formula is C19H22FN3OS. The van der Waals surface area contributed by atoms with E-state index in [-0.39, 0.29) is 5.82 Å². The zero-order chi connectivity index (χ0) is 17.9. The van der Waals surface area contributed by atoms with Crippen molar-refractivity contribution in [1.82, 2.24) is 0 Å². The zero-order valence-electron chi connectivity index (χ0n) is 14.2. The van der Waals surface area contributed by atoms with Crippen LogP contribution in [0.2, 0.25) is 0 Å². The molecule has 6 heteroatoms. The lowest BCUT2D eigenvalue weighted by atomic mass is 10.2. The third-order valence-corrected chi connectivity index (χ3v) is 4.17. The van der Waals surface area contributed by atoms with Gasteiger partial charge in [-0.1, -0.05) is 55.4 Å². The van der Waals surface area contributed by atoms with Gasteiger partial charge in [0.25, 0.3) is 0 Å². The van der Waals surface area contributed by atoms with Crippen molar-refractivity contribution in [1.29, 1.82) is 0 Å². The highest BCUT2D eigenvalue weighted by Crippen LogP contribution is 2.19. The highest BCUT2D eigenvalue weighted by atomic mass is 32.2. The number of hydrogen-bond donors (Lipinski definition) is 1. The summed E-state index contributed by atoms with van der Waals surface area (Å²) in [5, 5.41) is 8.33. The average Bonchev–Trinajstić information content (AvgIpc) is 2.63. The van der Waals surface area contributed by atoms with Crippen molar-refractivity contribution in [2.45, 2.75) is 25.5 Å². The Morgan fingerprint density at radius 3 is 2.80 bits per heavy atom. The van der Waals surface area contributed by atoms with Crippen molar-refractivity contribution in [3.8, 4) is 5.75 Å². The van der Waals surface area contributed by atoms with Crippen LogP contribution in [0.3, 0.4) is 0 Å². The Labute approximate surface area is 152 Å². The number of amidine groups is 1. The van der Waals surface area contributed by atoms with Crippen molar-refractivity contribution in [3.63, 3.8) is 0 Å². The molecular weight excluding hydrogens is 337 g/mol. The van der Waals surface area contributed by atoms with E-state index in [9.17, 15) is 4.39 Å². The van der Waals surface area contributed by atoms with Crippen LogP contribution in [0, 0.1) is 5.82 Å². The fraction of sp³-hybridized carbons (Fsp3) is 0.263. The molecule has 0 unspecified atom stereocenters. The Kier molecular flexibility index (Phi) is 7.98. The van der Waals surface area contributed by atoms with E-state index in [4.69, 9.17) is 10.5 Å². The van der Waals surface area contributed by atoms with E-state index in [1.807, 2.05) is 30.3 Å². The van der Waals surface area contributed by atoms with Crippen LogP contribution in [0.15, 0.2) is 58.7 Å². The monoisotopic (exact) mass is 359 g/mol. The number of halogens is 1. The molecule has 2 aromatic rings. The van der Waals surface area contributed by atoms with Gasteiger partial charge in [0.15, 0.2) is 5.17 Å². The average molecular weight is 359 g/mol. The molecule has 0 bridgehead atoms. The number of thioether (sulfide) groups is 1. The molecule has 0 saturated heterocycles. The van der Waals surface area contributed by atoms with Gasteiger partial charge in [-0.15, -0.1) is 5.10 Å². The third-order valence-electron chi connectivity index (χ3n) is 3.31. The quantitative estimate of drug-likeness (QED) is 0.325. The summed E-state index contributed by atoms with van der Waals surface area (Å²) in [4.78, 5) is 0. The Balaban J connectivity index is 1.95. The highest BCUT2D eigenvalue weighted by molar-refractivity contribution is 8.13. The first-order valence-corrected chi connectivity index (χ1v) is 9.13. The standard InChI is InChI=1S/C19H22FN3OS/c1-2-3-11-24-18-12-17(20)10-9-16(18)13-22-23-19(21)25-14-15-7-5-4-6-8-15/h4-10,12-13H,2-3,11,14H2,1H3,(H2,21,23). The van der Waals surface area contributed by atoms with Crippen LogP contribution in [0.4, 0.5) is 4.39 Å². The maximum absolute atomic E-state index is 13.4. The van der Waals surface area contributed by atoms with Gasteiger partial charge in [0.2, 0.25) is 0 Å². The number of rotatable bonds is 8. The Morgan fingerprint density at radius 1 is 1.24 bits per heavy atom. The van der Waals surface area contributed by atoms with Crippen LogP contribution in [-0.4, -0.2) is 18.0 Å². The van der Waals surface area contributed by atoms with Gasteiger partial charge in [-0.3, -0.25) is 0 Å². The minimum absolute atomic E-state index is 0.343. The minimum atomic E-state index is -0.343. The summed E-state index contributed by atoms with van der Waals surface area (Å²) < 4.78 is 19.0. The minimum Gasteiger partial charge on any atom is -0.493 e. The van der Waals surface area contributed by atoms with Gasteiger partial charge in [-0.2, -0.15) is 5.10 Å². The van der Waals surface area contributed by atoms with Gasteiger partial charge in [0.1, 0.15) is 11.6 Å². The molecule has 0 aliphatic heterocycles. The second-order valence-corrected chi connectivity index (χ2v) is 6.34. The van der Waals surface area contributed by atoms with E-state index < -0.39 is 0 Å². The molecule has 0 amide bonds. The molecule has 0 spiro atoms. The van der Waals surface area contributed by atoms with Gasteiger partial charge in [-0.25, -0.2) is 4.39 Å². The lowest BCUT2D eigenvalue weighted by Crippen LogP contribution is -2.06. The summed E-state index contributed by atoms with van der Waals surface area (Å²) in [5.41, 5.74) is 7.69. The van der Waals surface area contributed by atoms with Gasteiger partial charge in [0.05, 0.1) is 12.8 Å². The van der Waals surface area contributed by atoms with Gasteiger partial charge >= 0.3 is 0 Å². The molecule has 2 N–H and O–H groups in total. The first-order valence-electron chi connectivity index (χ1n) is 8.14. The van der Waals surface area contributed by atoms with E-state index in [1.54, 1.807) is 6.07 Å². The summed E-state index contributed by atoms with van der Waals surface area (Å²) in [6.45, 7) is 2.61. The van der Waals surface area contributed by atoms with Gasteiger partial charge < -0.3 is 10.5 Å². The van der Waals surface area contributed by atoms with Crippen LogP contribution >= 0.6 is 11.8 Å². The Hall–Kier alpha value is -2.34. The molecule has 2 rings (SSSR count). The predicted octanol–water partition coefficient (Wildman–Crippen LogP) is 4.59. The van der Waals surface area contributed by atoms with E-state index in [0.717, 1.165) is 18.6 Å². The van der Waals surface area contributed by atoms with Crippen LogP contribution in [0.5, 0.6) is 5.75 Å². The number of ether oxygens (including phenoxy) is 1. The first-order chi connectivity index (χ1) is 12.2. The maximum Gasteiger partial charge on any atom is 0.180 e. The van der Waals surface area contributed by atoms with Gasteiger partial charge in [0, 0.05) is 17.4 Å². The van der Waals surface area contributed by atoms with E-state index in [2.05, 4.69) is 17.1 Å². The molecule has 0 aliphatic carbocycles. The van der Waals surface area contributed by atoms with Gasteiger partial charge in [-0.05, 0) is 24.1 Å². The van der Waals surface area contributed by atoms with Crippen molar-refractivity contribution >= 4 is 23.1 Å². The lowest BCUT2D eigenvalue weighted by molar-refractivity contribution is 0.307. The molecule has 25 heavy (non-hydrogen) atoms. The van der Waals surface area contributed by atoms with Crippen molar-refractivity contribution < 1.29 is 9.13 Å². The maximum atomic E-state index is 13.4. The van der Waals surface area contributed by atoms with E-state index >= 15 is 0 Å². The smallest absolute Gasteiger partial charge is 0.180 e. The third kappa shape index (κ3) is 6.97. The largest absolute Gasteiger partial charge is 0.493 e. The number of unbranched alkanes of at least 4 members (excludes halogenated alkanes) is 1. The van der Waals surface area contributed by atoms with Crippen molar-refractivity contribution in [2.75, 3.05) is 6.61 Å².